The lowest BCUT2D eigenvalue weighted by Gasteiger charge is -1.99. The molecular formula is C12H9N3O2S. The number of nitrogens with zero attached hydrogens (tertiary/aromatic N) is 3. The van der Waals surface area contributed by atoms with Crippen molar-refractivity contribution in [2.45, 2.75) is 6.54 Å². The maximum absolute atomic E-state index is 11.1. The number of carboxylic acid groups (broad SMARTS) is 1. The van der Waals surface area contributed by atoms with Crippen LogP contribution in [0.25, 0.3) is 10.9 Å². The molecule has 0 saturated carbocycles. The molecule has 0 bridgehead atoms. The van der Waals surface area contributed by atoms with E-state index >= 15 is 0 Å². The molecule has 0 amide bonds. The van der Waals surface area contributed by atoms with Crippen molar-refractivity contribution in [3.8, 4) is 0 Å². The molecule has 5 nitrogen and oxygen atoms in total. The van der Waals surface area contributed by atoms with Crippen molar-refractivity contribution in [1.82, 2.24) is 14.8 Å². The van der Waals surface area contributed by atoms with Crippen molar-refractivity contribution in [2.24, 2.45) is 0 Å². The van der Waals surface area contributed by atoms with Crippen LogP contribution in [-0.2, 0) is 6.54 Å². The van der Waals surface area contributed by atoms with Gasteiger partial charge in [0.2, 0.25) is 0 Å². The smallest absolute Gasteiger partial charge is 0.357 e. The first kappa shape index (κ1) is 10.9. The van der Waals surface area contributed by atoms with Crippen LogP contribution < -0.4 is 0 Å². The van der Waals surface area contributed by atoms with Gasteiger partial charge in [-0.25, -0.2) is 9.78 Å². The number of rotatable bonds is 3. The van der Waals surface area contributed by atoms with E-state index in [4.69, 9.17) is 5.11 Å². The summed E-state index contributed by atoms with van der Waals surface area (Å²) < 4.78 is 1.67. The first-order chi connectivity index (χ1) is 8.75. The number of para-hydroxylation sites is 1. The second-order valence-electron chi connectivity index (χ2n) is 3.81. The quantitative estimate of drug-likeness (QED) is 0.783. The Morgan fingerprint density at radius 2 is 2.22 bits per heavy atom. The Kier molecular flexibility index (Phi) is 2.56. The Labute approximate surface area is 106 Å². The summed E-state index contributed by atoms with van der Waals surface area (Å²) in [5.41, 5.74) is 3.52. The van der Waals surface area contributed by atoms with Crippen molar-refractivity contribution in [3.05, 3.63) is 46.5 Å². The highest BCUT2D eigenvalue weighted by Gasteiger charge is 2.15. The van der Waals surface area contributed by atoms with Gasteiger partial charge in [0, 0.05) is 10.8 Å². The fourth-order valence-corrected chi connectivity index (χ4v) is 2.42. The van der Waals surface area contributed by atoms with Crippen LogP contribution in [0.1, 0.15) is 16.2 Å². The fraction of sp³-hybridized carbons (Fsp3) is 0.0833. The largest absolute Gasteiger partial charge is 0.476 e. The van der Waals surface area contributed by atoms with Crippen molar-refractivity contribution in [3.63, 3.8) is 0 Å². The summed E-state index contributed by atoms with van der Waals surface area (Å²) in [5, 5.41) is 15.9. The van der Waals surface area contributed by atoms with E-state index < -0.39 is 5.97 Å². The summed E-state index contributed by atoms with van der Waals surface area (Å²) in [6.07, 6.45) is 0. The zero-order valence-corrected chi connectivity index (χ0v) is 10.1. The minimum Gasteiger partial charge on any atom is -0.476 e. The van der Waals surface area contributed by atoms with Gasteiger partial charge in [0.1, 0.15) is 0 Å². The standard InChI is InChI=1S/C12H9N3O2S/c16-12(17)11-9-3-1-2-4-10(9)15(14-11)5-8-6-18-7-13-8/h1-4,6-7H,5H2,(H,16,17). The third kappa shape index (κ3) is 1.76. The van der Waals surface area contributed by atoms with Crippen LogP contribution in [0.5, 0.6) is 0 Å². The molecule has 0 aliphatic carbocycles. The van der Waals surface area contributed by atoms with E-state index in [1.165, 1.54) is 11.3 Å². The van der Waals surface area contributed by atoms with Gasteiger partial charge in [-0.2, -0.15) is 5.10 Å². The number of thiazole rings is 1. The maximum Gasteiger partial charge on any atom is 0.357 e. The van der Waals surface area contributed by atoms with Crippen LogP contribution in [0.15, 0.2) is 35.2 Å². The second kappa shape index (κ2) is 4.23. The minimum atomic E-state index is -1.01. The Morgan fingerprint density at radius 1 is 1.39 bits per heavy atom. The molecule has 90 valence electrons. The zero-order chi connectivity index (χ0) is 12.5. The highest BCUT2D eigenvalue weighted by atomic mass is 32.1. The van der Waals surface area contributed by atoms with Gasteiger partial charge in [0.25, 0.3) is 0 Å². The Bertz CT molecular complexity index is 703. The fourth-order valence-electron chi connectivity index (χ4n) is 1.87. The van der Waals surface area contributed by atoms with E-state index in [2.05, 4.69) is 10.1 Å². The number of benzene rings is 1. The molecule has 0 radical (unpaired) electrons. The van der Waals surface area contributed by atoms with Gasteiger partial charge in [-0.05, 0) is 6.07 Å². The van der Waals surface area contributed by atoms with Crippen molar-refractivity contribution < 1.29 is 9.90 Å². The van der Waals surface area contributed by atoms with Crippen molar-refractivity contribution in [1.29, 1.82) is 0 Å². The lowest BCUT2D eigenvalue weighted by atomic mass is 10.2. The predicted molar refractivity (Wildman–Crippen MR) is 67.9 cm³/mol. The molecule has 3 aromatic rings. The first-order valence-corrected chi connectivity index (χ1v) is 6.26. The molecule has 1 N–H and O–H groups in total. The van der Waals surface area contributed by atoms with Crippen molar-refractivity contribution >= 4 is 28.2 Å². The number of aromatic carboxylic acids is 1. The summed E-state index contributed by atoms with van der Waals surface area (Å²) in [7, 11) is 0. The van der Waals surface area contributed by atoms with Crippen LogP contribution in [0, 0.1) is 0 Å². The van der Waals surface area contributed by atoms with Gasteiger partial charge in [-0.1, -0.05) is 18.2 Å². The topological polar surface area (TPSA) is 68.0 Å². The molecule has 0 spiro atoms. The van der Waals surface area contributed by atoms with Gasteiger partial charge in [-0.15, -0.1) is 11.3 Å². The molecule has 3 rings (SSSR count). The highest BCUT2D eigenvalue weighted by Crippen LogP contribution is 2.19. The average molecular weight is 259 g/mol. The summed E-state index contributed by atoms with van der Waals surface area (Å²) in [6, 6.07) is 7.31. The summed E-state index contributed by atoms with van der Waals surface area (Å²) in [5.74, 6) is -1.01. The molecule has 6 heteroatoms. The molecule has 2 aromatic heterocycles. The van der Waals surface area contributed by atoms with Crippen LogP contribution in [-0.4, -0.2) is 25.8 Å². The number of fused-ring (bicyclic) bond motifs is 1. The SMILES string of the molecule is O=C(O)c1nn(Cc2cscn2)c2ccccc12. The predicted octanol–water partition coefficient (Wildman–Crippen LogP) is 2.24. The lowest BCUT2D eigenvalue weighted by molar-refractivity contribution is 0.0691. The Balaban J connectivity index is 2.14. The Hall–Kier alpha value is -2.21. The zero-order valence-electron chi connectivity index (χ0n) is 9.28. The molecule has 1 aromatic carbocycles. The van der Waals surface area contributed by atoms with Crippen LogP contribution >= 0.6 is 11.3 Å². The van der Waals surface area contributed by atoms with Gasteiger partial charge < -0.3 is 5.11 Å². The summed E-state index contributed by atoms with van der Waals surface area (Å²) in [4.78, 5) is 15.3. The molecule has 0 atom stereocenters. The van der Waals surface area contributed by atoms with Gasteiger partial charge in [0.05, 0.1) is 23.3 Å². The molecule has 18 heavy (non-hydrogen) atoms. The average Bonchev–Trinajstić information content (AvgIpc) is 2.98. The molecule has 0 saturated heterocycles. The van der Waals surface area contributed by atoms with Gasteiger partial charge in [-0.3, -0.25) is 4.68 Å². The molecule has 2 heterocycles. The van der Waals surface area contributed by atoms with E-state index in [0.29, 0.717) is 11.9 Å². The summed E-state index contributed by atoms with van der Waals surface area (Å²) >= 11 is 1.51. The van der Waals surface area contributed by atoms with Crippen LogP contribution in [0.4, 0.5) is 0 Å². The number of carbonyl (C=O) groups is 1. The first-order valence-electron chi connectivity index (χ1n) is 5.31. The third-order valence-corrected chi connectivity index (χ3v) is 3.29. The molecule has 0 aliphatic rings. The monoisotopic (exact) mass is 259 g/mol. The van der Waals surface area contributed by atoms with Crippen molar-refractivity contribution in [2.75, 3.05) is 0 Å². The number of aromatic nitrogens is 3. The van der Waals surface area contributed by atoms with E-state index in [1.54, 1.807) is 16.3 Å². The minimum absolute atomic E-state index is 0.0841. The number of carboxylic acids is 1. The number of hydrogen-bond donors (Lipinski definition) is 1. The lowest BCUT2D eigenvalue weighted by Crippen LogP contribution is -2.04. The molecular weight excluding hydrogens is 250 g/mol. The molecule has 0 aliphatic heterocycles. The van der Waals surface area contributed by atoms with E-state index in [-0.39, 0.29) is 5.69 Å². The molecule has 0 fully saturated rings. The Morgan fingerprint density at radius 3 is 2.94 bits per heavy atom. The van der Waals surface area contributed by atoms with E-state index in [1.807, 2.05) is 23.6 Å². The highest BCUT2D eigenvalue weighted by molar-refractivity contribution is 7.07. The van der Waals surface area contributed by atoms with E-state index in [9.17, 15) is 4.79 Å². The second-order valence-corrected chi connectivity index (χ2v) is 4.53. The normalized spacial score (nSPS) is 10.9. The summed E-state index contributed by atoms with van der Waals surface area (Å²) in [6.45, 7) is 0.483. The number of hydrogen-bond acceptors (Lipinski definition) is 4. The third-order valence-electron chi connectivity index (χ3n) is 2.66. The maximum atomic E-state index is 11.1. The van der Waals surface area contributed by atoms with Gasteiger partial charge >= 0.3 is 5.97 Å². The van der Waals surface area contributed by atoms with Crippen LogP contribution in [0.2, 0.25) is 0 Å². The van der Waals surface area contributed by atoms with Crippen LogP contribution in [0.3, 0.4) is 0 Å². The van der Waals surface area contributed by atoms with Gasteiger partial charge in [0.15, 0.2) is 5.69 Å². The molecule has 0 unspecified atom stereocenters. The van der Waals surface area contributed by atoms with E-state index in [0.717, 1.165) is 11.2 Å².